The van der Waals surface area contributed by atoms with Crippen molar-refractivity contribution in [3.05, 3.63) is 72.3 Å². The minimum absolute atomic E-state index is 0.0419. The summed E-state index contributed by atoms with van der Waals surface area (Å²) in [5.41, 5.74) is 4.59. The molecule has 7 heteroatoms. The number of alkyl carbamates (subject to hydrolysis) is 1. The van der Waals surface area contributed by atoms with E-state index in [9.17, 15) is 19.5 Å². The number of allylic oxidation sites excluding steroid dienone is 1. The molecule has 0 radical (unpaired) electrons. The van der Waals surface area contributed by atoms with Crippen LogP contribution in [0.2, 0.25) is 0 Å². The largest absolute Gasteiger partial charge is 0.480 e. The second-order valence-corrected chi connectivity index (χ2v) is 9.23. The molecule has 1 saturated carbocycles. The lowest BCUT2D eigenvalue weighted by Crippen LogP contribution is -2.51. The van der Waals surface area contributed by atoms with Gasteiger partial charge in [-0.25, -0.2) is 9.59 Å². The van der Waals surface area contributed by atoms with Gasteiger partial charge in [-0.1, -0.05) is 67.4 Å². The van der Waals surface area contributed by atoms with E-state index in [-0.39, 0.29) is 24.9 Å². The highest BCUT2D eigenvalue weighted by atomic mass is 16.5. The van der Waals surface area contributed by atoms with Crippen molar-refractivity contribution < 1.29 is 24.2 Å². The molecule has 0 bridgehead atoms. The Balaban J connectivity index is 1.38. The van der Waals surface area contributed by atoms with Crippen molar-refractivity contribution in [2.45, 2.75) is 56.5 Å². The summed E-state index contributed by atoms with van der Waals surface area (Å²) in [6.07, 6.45) is 4.82. The lowest BCUT2D eigenvalue weighted by Gasteiger charge is -2.31. The Hall–Kier alpha value is -3.61. The molecule has 1 unspecified atom stereocenters. The highest BCUT2D eigenvalue weighted by molar-refractivity contribution is 5.86. The minimum Gasteiger partial charge on any atom is -0.480 e. The van der Waals surface area contributed by atoms with Crippen molar-refractivity contribution in [3.63, 3.8) is 0 Å². The van der Waals surface area contributed by atoms with E-state index in [0.717, 1.165) is 35.1 Å². The molecule has 2 aliphatic rings. The van der Waals surface area contributed by atoms with Crippen molar-refractivity contribution in [1.82, 2.24) is 10.6 Å². The zero-order valence-corrected chi connectivity index (χ0v) is 19.7. The second-order valence-electron chi connectivity index (χ2n) is 9.23. The number of carboxylic acid groups (broad SMARTS) is 1. The molecule has 3 atom stereocenters. The molecule has 35 heavy (non-hydrogen) atoms. The average Bonchev–Trinajstić information content (AvgIpc) is 3.19. The molecule has 2 aromatic rings. The molecule has 4 rings (SSSR count). The van der Waals surface area contributed by atoms with Crippen LogP contribution in [0, 0.1) is 5.92 Å². The smallest absolute Gasteiger partial charge is 0.407 e. The zero-order chi connectivity index (χ0) is 24.8. The van der Waals surface area contributed by atoms with Crippen LogP contribution in [-0.2, 0) is 14.3 Å². The van der Waals surface area contributed by atoms with Crippen molar-refractivity contribution in [2.75, 3.05) is 6.61 Å². The Morgan fingerprint density at radius 3 is 2.29 bits per heavy atom. The molecule has 2 aromatic carbocycles. The van der Waals surface area contributed by atoms with Gasteiger partial charge >= 0.3 is 12.1 Å². The van der Waals surface area contributed by atoms with Crippen LogP contribution in [0.4, 0.5) is 4.79 Å². The molecule has 2 amide bonds. The van der Waals surface area contributed by atoms with Crippen molar-refractivity contribution >= 4 is 18.0 Å². The first-order chi connectivity index (χ1) is 17.0. The van der Waals surface area contributed by atoms with Gasteiger partial charge in [0.05, 0.1) is 5.92 Å². The fraction of sp³-hybridized carbons (Fsp3) is 0.393. The highest BCUT2D eigenvalue weighted by Gasteiger charge is 2.35. The standard InChI is InChI=1S/C28H32N2O5/c1-2-3-15-25(27(32)33)29-26(31)22-14-8-9-16-24(22)30-28(34)35-17-23-20-12-6-4-10-18(20)19-11-5-7-13-21(19)23/h2,4-7,10-13,22-25H,1,3,8-9,14-17H2,(H,29,31)(H,30,34)(H,32,33)/t22-,24+,25?/m0/s1. The number of ether oxygens (including phenoxy) is 1. The van der Waals surface area contributed by atoms with Gasteiger partial charge in [0.15, 0.2) is 0 Å². The SMILES string of the molecule is C=CCCC(NC(=O)[C@H]1CCCC[C@H]1NC(=O)OCC1c2ccccc2-c2ccccc21)C(=O)O. The first kappa shape index (κ1) is 24.5. The summed E-state index contributed by atoms with van der Waals surface area (Å²) in [6.45, 7) is 3.81. The molecule has 0 spiro atoms. The Kier molecular flexibility index (Phi) is 7.85. The van der Waals surface area contributed by atoms with Crippen LogP contribution in [0.3, 0.4) is 0 Å². The maximum absolute atomic E-state index is 12.9. The number of carbonyl (C=O) groups is 3. The van der Waals surface area contributed by atoms with Gasteiger partial charge in [0.25, 0.3) is 0 Å². The number of fused-ring (bicyclic) bond motifs is 3. The van der Waals surface area contributed by atoms with Crippen LogP contribution in [0.1, 0.15) is 55.6 Å². The number of nitrogens with one attached hydrogen (secondary N) is 2. The van der Waals surface area contributed by atoms with Gasteiger partial charge in [-0.2, -0.15) is 0 Å². The van der Waals surface area contributed by atoms with E-state index >= 15 is 0 Å². The Morgan fingerprint density at radius 2 is 1.66 bits per heavy atom. The van der Waals surface area contributed by atoms with Gasteiger partial charge in [-0.05, 0) is 47.9 Å². The fourth-order valence-electron chi connectivity index (χ4n) is 5.23. The number of hydrogen-bond acceptors (Lipinski definition) is 4. The summed E-state index contributed by atoms with van der Waals surface area (Å²) < 4.78 is 5.66. The molecular weight excluding hydrogens is 444 g/mol. The molecule has 0 saturated heterocycles. The molecule has 0 aromatic heterocycles. The quantitative estimate of drug-likeness (QED) is 0.458. The predicted molar refractivity (Wildman–Crippen MR) is 133 cm³/mol. The predicted octanol–water partition coefficient (Wildman–Crippen LogP) is 4.62. The number of carboxylic acids is 1. The van der Waals surface area contributed by atoms with Gasteiger partial charge in [0, 0.05) is 12.0 Å². The Labute approximate surface area is 205 Å². The molecule has 3 N–H and O–H groups in total. The van der Waals surface area contributed by atoms with Crippen LogP contribution in [0.25, 0.3) is 11.1 Å². The molecule has 0 aliphatic heterocycles. The maximum Gasteiger partial charge on any atom is 0.407 e. The Morgan fingerprint density at radius 1 is 1.03 bits per heavy atom. The van der Waals surface area contributed by atoms with E-state index in [1.165, 1.54) is 0 Å². The number of rotatable bonds is 9. The summed E-state index contributed by atoms with van der Waals surface area (Å²) >= 11 is 0. The molecule has 2 aliphatic carbocycles. The van der Waals surface area contributed by atoms with E-state index < -0.39 is 30.1 Å². The second kappa shape index (κ2) is 11.2. The third-order valence-electron chi connectivity index (χ3n) is 7.02. The maximum atomic E-state index is 12.9. The summed E-state index contributed by atoms with van der Waals surface area (Å²) in [5, 5.41) is 15.0. The van der Waals surface area contributed by atoms with Gasteiger partial charge in [-0.3, -0.25) is 4.79 Å². The van der Waals surface area contributed by atoms with Gasteiger partial charge < -0.3 is 20.5 Å². The lowest BCUT2D eigenvalue weighted by molar-refractivity contribution is -0.143. The normalized spacial score (nSPS) is 19.7. The first-order valence-electron chi connectivity index (χ1n) is 12.2. The number of aliphatic carboxylic acids is 1. The monoisotopic (exact) mass is 476 g/mol. The Bertz CT molecular complexity index is 1050. The van der Waals surface area contributed by atoms with Crippen molar-refractivity contribution in [2.24, 2.45) is 5.92 Å². The minimum atomic E-state index is -1.07. The number of amides is 2. The summed E-state index contributed by atoms with van der Waals surface area (Å²) in [6, 6.07) is 14.9. The van der Waals surface area contributed by atoms with Crippen LogP contribution >= 0.6 is 0 Å². The summed E-state index contributed by atoms with van der Waals surface area (Å²) in [4.78, 5) is 37.2. The van der Waals surface area contributed by atoms with E-state index in [1.807, 2.05) is 24.3 Å². The van der Waals surface area contributed by atoms with E-state index in [4.69, 9.17) is 4.74 Å². The number of carbonyl (C=O) groups excluding carboxylic acids is 2. The van der Waals surface area contributed by atoms with E-state index in [0.29, 0.717) is 19.3 Å². The summed E-state index contributed by atoms with van der Waals surface area (Å²) in [5.74, 6) is -1.95. The van der Waals surface area contributed by atoms with Crippen LogP contribution in [0.15, 0.2) is 61.2 Å². The fourth-order valence-corrected chi connectivity index (χ4v) is 5.23. The van der Waals surface area contributed by atoms with Gasteiger partial charge in [0.2, 0.25) is 5.91 Å². The van der Waals surface area contributed by atoms with Crippen molar-refractivity contribution in [1.29, 1.82) is 0 Å². The first-order valence-corrected chi connectivity index (χ1v) is 12.2. The summed E-state index contributed by atoms with van der Waals surface area (Å²) in [7, 11) is 0. The topological polar surface area (TPSA) is 105 Å². The average molecular weight is 477 g/mol. The van der Waals surface area contributed by atoms with Gasteiger partial charge in [0.1, 0.15) is 12.6 Å². The highest BCUT2D eigenvalue weighted by Crippen LogP contribution is 2.44. The van der Waals surface area contributed by atoms with Crippen LogP contribution < -0.4 is 10.6 Å². The molecule has 0 heterocycles. The van der Waals surface area contributed by atoms with E-state index in [2.05, 4.69) is 41.5 Å². The van der Waals surface area contributed by atoms with Gasteiger partial charge in [-0.15, -0.1) is 6.58 Å². The number of hydrogen-bond donors (Lipinski definition) is 3. The molecule has 184 valence electrons. The third kappa shape index (κ3) is 5.56. The number of benzene rings is 2. The third-order valence-corrected chi connectivity index (χ3v) is 7.02. The molecule has 1 fully saturated rings. The molecular formula is C28H32N2O5. The van der Waals surface area contributed by atoms with Crippen LogP contribution in [0.5, 0.6) is 0 Å². The van der Waals surface area contributed by atoms with Crippen molar-refractivity contribution in [3.8, 4) is 11.1 Å². The molecule has 7 nitrogen and oxygen atoms in total. The van der Waals surface area contributed by atoms with E-state index in [1.54, 1.807) is 6.08 Å². The zero-order valence-electron chi connectivity index (χ0n) is 19.7. The van der Waals surface area contributed by atoms with Crippen LogP contribution in [-0.4, -0.2) is 41.8 Å². The lowest BCUT2D eigenvalue weighted by atomic mass is 9.83.